The summed E-state index contributed by atoms with van der Waals surface area (Å²) < 4.78 is 5.93. The molecule has 1 amide bonds. The molecule has 0 spiro atoms. The highest BCUT2D eigenvalue weighted by Crippen LogP contribution is 2.43. The van der Waals surface area contributed by atoms with Crippen LogP contribution < -0.4 is 15.5 Å². The van der Waals surface area contributed by atoms with Crippen LogP contribution >= 0.6 is 0 Å². The summed E-state index contributed by atoms with van der Waals surface area (Å²) in [7, 11) is 10.5. The van der Waals surface area contributed by atoms with Crippen LogP contribution in [0.3, 0.4) is 0 Å². The van der Waals surface area contributed by atoms with E-state index in [9.17, 15) is 15.0 Å². The molecule has 3 aromatic rings. The van der Waals surface area contributed by atoms with E-state index >= 15 is 0 Å². The van der Waals surface area contributed by atoms with E-state index in [1.165, 1.54) is 0 Å². The van der Waals surface area contributed by atoms with Crippen LogP contribution in [-0.4, -0.2) is 108 Å². The third-order valence-electron chi connectivity index (χ3n) is 7.57. The fourth-order valence-corrected chi connectivity index (χ4v) is 4.75. The summed E-state index contributed by atoms with van der Waals surface area (Å²) >= 11 is 0. The molecule has 0 radical (unpaired) electrons. The van der Waals surface area contributed by atoms with Gasteiger partial charge in [0.25, 0.3) is 5.91 Å². The van der Waals surface area contributed by atoms with Crippen molar-refractivity contribution in [3.63, 3.8) is 0 Å². The number of ether oxygens (including phenoxy) is 1. The van der Waals surface area contributed by atoms with Gasteiger partial charge in [0.2, 0.25) is 5.95 Å². The quantitative estimate of drug-likeness (QED) is 0.155. The van der Waals surface area contributed by atoms with E-state index in [4.69, 9.17) is 10.1 Å². The maximum atomic E-state index is 12.1. The molecule has 1 aliphatic rings. The maximum absolute atomic E-state index is 12.1. The summed E-state index contributed by atoms with van der Waals surface area (Å²) in [6, 6.07) is 16.3. The van der Waals surface area contributed by atoms with Crippen LogP contribution in [0.15, 0.2) is 60.8 Å². The first-order valence-electron chi connectivity index (χ1n) is 12.7. The summed E-state index contributed by atoms with van der Waals surface area (Å²) in [5, 5.41) is 33.5. The van der Waals surface area contributed by atoms with Gasteiger partial charge in [-0.1, -0.05) is 12.1 Å². The summed E-state index contributed by atoms with van der Waals surface area (Å²) in [4.78, 5) is 22.8. The second-order valence-corrected chi connectivity index (χ2v) is 10.9. The first-order valence-corrected chi connectivity index (χ1v) is 12.7. The SMILES string of the molecule is BC1(B)OC(B)(O)C(B)(B)N(c2ccc(Nc3nccc(-c4ccc(C(=O)NCC=N)cc4)n3)cc2)C1(B)O. The van der Waals surface area contributed by atoms with Gasteiger partial charge in [-0.3, -0.25) is 4.79 Å². The number of carbonyl (C=O) groups is 1. The number of aromatic nitrogens is 2. The van der Waals surface area contributed by atoms with E-state index in [1.807, 2.05) is 52.1 Å². The van der Waals surface area contributed by atoms with E-state index < -0.39 is 22.0 Å². The van der Waals surface area contributed by atoms with Crippen molar-refractivity contribution >= 4 is 76.5 Å². The zero-order valence-electron chi connectivity index (χ0n) is 23.1. The number of hydrogen-bond acceptors (Lipinski definition) is 9. The molecule has 16 heteroatoms. The lowest BCUT2D eigenvalue weighted by molar-refractivity contribution is -0.233. The third-order valence-corrected chi connectivity index (χ3v) is 7.57. The third kappa shape index (κ3) is 5.36. The maximum Gasteiger partial charge on any atom is 0.251 e. The normalized spacial score (nSPS) is 23.5. The lowest BCUT2D eigenvalue weighted by atomic mass is 9.42. The minimum Gasteiger partial charge on any atom is -0.378 e. The summed E-state index contributed by atoms with van der Waals surface area (Å²) in [5.41, 5.74) is 0.531. The number of anilines is 3. The van der Waals surface area contributed by atoms with Gasteiger partial charge in [-0.2, -0.15) is 0 Å². The first-order chi connectivity index (χ1) is 18.2. The molecular formula is C23H30B6N6O4. The molecule has 194 valence electrons. The van der Waals surface area contributed by atoms with Crippen LogP contribution in [0.4, 0.5) is 17.3 Å². The highest BCUT2D eigenvalue weighted by Gasteiger charge is 2.61. The van der Waals surface area contributed by atoms with Crippen LogP contribution in [0.1, 0.15) is 10.4 Å². The Kier molecular flexibility index (Phi) is 7.50. The Morgan fingerprint density at radius 3 is 2.26 bits per heavy atom. The van der Waals surface area contributed by atoms with Crippen LogP contribution in [0.25, 0.3) is 11.3 Å². The van der Waals surface area contributed by atoms with Crippen LogP contribution in [0.2, 0.25) is 0 Å². The van der Waals surface area contributed by atoms with Gasteiger partial charge in [0.15, 0.2) is 15.7 Å². The predicted molar refractivity (Wildman–Crippen MR) is 168 cm³/mol. The Morgan fingerprint density at radius 2 is 1.64 bits per heavy atom. The molecule has 4 rings (SSSR count). The molecule has 1 aliphatic heterocycles. The highest BCUT2D eigenvalue weighted by atomic mass is 16.6. The monoisotopic (exact) mass is 520 g/mol. The lowest BCUT2D eigenvalue weighted by Gasteiger charge is -2.66. The van der Waals surface area contributed by atoms with E-state index in [-0.39, 0.29) is 12.5 Å². The summed E-state index contributed by atoms with van der Waals surface area (Å²) in [5.74, 6) is 0.156. The average Bonchev–Trinajstić information content (AvgIpc) is 2.87. The van der Waals surface area contributed by atoms with Crippen molar-refractivity contribution in [2.75, 3.05) is 16.8 Å². The first kappa shape index (κ1) is 28.5. The number of carbonyl (C=O) groups excluding carboxylic acids is 1. The van der Waals surface area contributed by atoms with Crippen molar-refractivity contribution in [1.82, 2.24) is 15.3 Å². The largest absolute Gasteiger partial charge is 0.378 e. The molecule has 0 bridgehead atoms. The van der Waals surface area contributed by atoms with Gasteiger partial charge in [0, 0.05) is 45.7 Å². The number of aliphatic hydroxyl groups is 2. The standard InChI is InChI=1S/C23H30B6N6O4/c24-20(25)23(29,38)39-21(26,27)22(28,37)35(20)16-7-5-15(6-8-16)33-19-32-11-9-17(34-19)13-1-3-14(4-2-13)18(36)31-12-10-30/h1-11,30,37-38H,12,24-29H2,(H,31,36)(H,32,33,34). The second kappa shape index (κ2) is 10.3. The minimum absolute atomic E-state index is 0.185. The van der Waals surface area contributed by atoms with Gasteiger partial charge in [-0.25, -0.2) is 9.97 Å². The minimum atomic E-state index is -1.52. The Hall–Kier alpha value is -3.47. The summed E-state index contributed by atoms with van der Waals surface area (Å²) in [6.07, 6.45) is 2.79. The number of morpholine rings is 1. The molecule has 1 aromatic heterocycles. The molecule has 2 heterocycles. The van der Waals surface area contributed by atoms with Crippen molar-refractivity contribution in [1.29, 1.82) is 5.41 Å². The Bertz CT molecular complexity index is 1350. The fourth-order valence-electron chi connectivity index (χ4n) is 4.75. The van der Waals surface area contributed by atoms with Gasteiger partial charge < -0.3 is 35.9 Å². The van der Waals surface area contributed by atoms with E-state index in [2.05, 4.69) is 20.6 Å². The molecule has 1 saturated heterocycles. The lowest BCUT2D eigenvalue weighted by Crippen LogP contribution is -2.86. The van der Waals surface area contributed by atoms with Gasteiger partial charge in [-0.15, -0.1) is 0 Å². The molecule has 2 unspecified atom stereocenters. The van der Waals surface area contributed by atoms with Gasteiger partial charge in [-0.05, 0) is 42.5 Å². The molecule has 2 aromatic carbocycles. The van der Waals surface area contributed by atoms with Crippen LogP contribution in [0, 0.1) is 5.41 Å². The summed E-state index contributed by atoms with van der Waals surface area (Å²) in [6.45, 7) is 0.185. The zero-order chi connectivity index (χ0) is 28.6. The van der Waals surface area contributed by atoms with Crippen molar-refractivity contribution in [3.8, 4) is 11.3 Å². The Balaban J connectivity index is 1.54. The van der Waals surface area contributed by atoms with Gasteiger partial charge in [0.1, 0.15) is 42.7 Å². The van der Waals surface area contributed by atoms with E-state index in [1.54, 1.807) is 60.7 Å². The van der Waals surface area contributed by atoms with E-state index in [0.29, 0.717) is 22.9 Å². The smallest absolute Gasteiger partial charge is 0.251 e. The number of amides is 1. The molecule has 0 aliphatic carbocycles. The van der Waals surface area contributed by atoms with Gasteiger partial charge in [0.05, 0.1) is 12.2 Å². The van der Waals surface area contributed by atoms with Gasteiger partial charge >= 0.3 is 0 Å². The topological polar surface area (TPSA) is 144 Å². The van der Waals surface area contributed by atoms with Crippen molar-refractivity contribution in [2.45, 2.75) is 22.0 Å². The van der Waals surface area contributed by atoms with Crippen molar-refractivity contribution < 1.29 is 19.7 Å². The van der Waals surface area contributed by atoms with E-state index in [0.717, 1.165) is 17.5 Å². The number of nitrogens with zero attached hydrogens (tertiary/aromatic N) is 3. The molecule has 5 N–H and O–H groups in total. The van der Waals surface area contributed by atoms with Crippen molar-refractivity contribution in [3.05, 3.63) is 66.4 Å². The van der Waals surface area contributed by atoms with Crippen LogP contribution in [0.5, 0.6) is 0 Å². The molecule has 1 fully saturated rings. The fraction of sp³-hybridized carbons (Fsp3) is 0.217. The number of benzene rings is 2. The molecule has 39 heavy (non-hydrogen) atoms. The molecule has 10 nitrogen and oxygen atoms in total. The molecule has 0 saturated carbocycles. The Labute approximate surface area is 233 Å². The van der Waals surface area contributed by atoms with Crippen LogP contribution in [-0.2, 0) is 4.74 Å². The molecular weight excluding hydrogens is 489 g/mol. The predicted octanol–water partition coefficient (Wildman–Crippen LogP) is -4.50. The zero-order valence-corrected chi connectivity index (χ0v) is 23.1. The molecule has 2 atom stereocenters. The van der Waals surface area contributed by atoms with Crippen molar-refractivity contribution in [2.24, 2.45) is 0 Å². The number of rotatable bonds is 7. The number of nitrogens with one attached hydrogen (secondary N) is 3. The Morgan fingerprint density at radius 1 is 1.00 bits per heavy atom. The highest BCUT2D eigenvalue weighted by molar-refractivity contribution is 6.50. The average molecular weight is 519 g/mol. The second-order valence-electron chi connectivity index (χ2n) is 10.9. The number of hydrogen-bond donors (Lipinski definition) is 5.